The standard InChI is InChI=1S/C52H62F6N5O8P/c1-33(2)63(34(3)4)72(69-29-15-26-59)68-28-14-6-5-13-27-60-46(64)35-20-23-40-43(30-35)50(71-47(40)65)41-24-21-38(61(48(66)51(53,54)55)36-16-9-7-10-17-36)31-44(41)70-45-32-39(22-25-42(45)50)62(49(67)52(56,57)58)37-18-11-8-12-19-37/h20-25,30-34,36-37H,5-19,27-29H2,1-4H3,(H,60,64). The van der Waals surface area contributed by atoms with Crippen LogP contribution in [-0.2, 0) is 29.0 Å². The van der Waals surface area contributed by atoms with Gasteiger partial charge in [0.05, 0.1) is 31.3 Å². The van der Waals surface area contributed by atoms with Gasteiger partial charge in [-0.1, -0.05) is 51.4 Å². The van der Waals surface area contributed by atoms with Gasteiger partial charge in [-0.15, -0.1) is 0 Å². The van der Waals surface area contributed by atoms with E-state index < -0.39 is 62.3 Å². The minimum absolute atomic E-state index is 0.0527. The number of carbonyl (C=O) groups is 4. The van der Waals surface area contributed by atoms with Crippen LogP contribution in [0, 0.1) is 11.3 Å². The van der Waals surface area contributed by atoms with Crippen molar-refractivity contribution in [2.45, 2.75) is 166 Å². The van der Waals surface area contributed by atoms with Gasteiger partial charge in [-0.3, -0.25) is 14.4 Å². The van der Waals surface area contributed by atoms with E-state index >= 15 is 0 Å². The lowest BCUT2D eigenvalue weighted by Gasteiger charge is -2.39. The van der Waals surface area contributed by atoms with Crippen LogP contribution in [0.1, 0.15) is 161 Å². The second kappa shape index (κ2) is 23.3. The minimum atomic E-state index is -5.24. The van der Waals surface area contributed by atoms with Gasteiger partial charge in [0.2, 0.25) is 0 Å². The number of nitriles is 1. The van der Waals surface area contributed by atoms with E-state index in [0.29, 0.717) is 80.7 Å². The Labute approximate surface area is 417 Å². The molecule has 0 radical (unpaired) electrons. The van der Waals surface area contributed by atoms with E-state index in [1.165, 1.54) is 54.6 Å². The molecule has 3 amide bonds. The molecule has 0 aromatic heterocycles. The normalized spacial score (nSPS) is 17.2. The molecule has 2 fully saturated rings. The highest BCUT2D eigenvalue weighted by molar-refractivity contribution is 7.44. The first kappa shape index (κ1) is 54.5. The zero-order chi connectivity index (χ0) is 52.0. The second-order valence-corrected chi connectivity index (χ2v) is 20.7. The van der Waals surface area contributed by atoms with Crippen molar-refractivity contribution >= 4 is 43.6 Å². The Morgan fingerprint density at radius 1 is 0.722 bits per heavy atom. The van der Waals surface area contributed by atoms with Crippen LogP contribution in [0.5, 0.6) is 11.5 Å². The van der Waals surface area contributed by atoms with E-state index in [9.17, 15) is 45.5 Å². The number of hydrogen-bond acceptors (Lipinski definition) is 10. The number of nitrogens with one attached hydrogen (secondary N) is 1. The number of fused-ring (bicyclic) bond motifs is 6. The number of benzene rings is 3. The average molecular weight is 1030 g/mol. The average Bonchev–Trinajstić information content (AvgIpc) is 3.63. The topological polar surface area (TPSA) is 151 Å². The molecule has 1 atom stereocenters. The summed E-state index contributed by atoms with van der Waals surface area (Å²) in [6.07, 6.45) is -2.08. The smallest absolute Gasteiger partial charge is 0.456 e. The minimum Gasteiger partial charge on any atom is -0.456 e. The van der Waals surface area contributed by atoms with Gasteiger partial charge in [0, 0.05) is 76.5 Å². The molecule has 2 aliphatic heterocycles. The molecular weight excluding hydrogens is 968 g/mol. The number of amides is 3. The summed E-state index contributed by atoms with van der Waals surface area (Å²) in [5.41, 5.74) is -1.64. The Hall–Kier alpha value is -5.28. The maximum Gasteiger partial charge on any atom is 0.471 e. The number of rotatable bonds is 19. The number of unbranched alkanes of at least 4 members (excludes halogenated alkanes) is 3. The van der Waals surface area contributed by atoms with Crippen molar-refractivity contribution < 1.29 is 64.0 Å². The van der Waals surface area contributed by atoms with E-state index in [0.717, 1.165) is 32.1 Å². The Balaban J connectivity index is 1.18. The van der Waals surface area contributed by atoms with Gasteiger partial charge < -0.3 is 33.6 Å². The molecule has 2 saturated carbocycles. The molecule has 20 heteroatoms. The lowest BCUT2D eigenvalue weighted by Crippen LogP contribution is -2.48. The van der Waals surface area contributed by atoms with Crippen molar-refractivity contribution in [3.8, 4) is 17.6 Å². The molecule has 2 aliphatic carbocycles. The van der Waals surface area contributed by atoms with Gasteiger partial charge in [-0.05, 0) is 109 Å². The Morgan fingerprint density at radius 2 is 1.24 bits per heavy atom. The molecule has 0 bridgehead atoms. The predicted octanol–water partition coefficient (Wildman–Crippen LogP) is 12.3. The van der Waals surface area contributed by atoms with Crippen molar-refractivity contribution in [2.24, 2.45) is 0 Å². The largest absolute Gasteiger partial charge is 0.471 e. The lowest BCUT2D eigenvalue weighted by molar-refractivity contribution is -0.171. The zero-order valence-corrected chi connectivity index (χ0v) is 41.9. The molecule has 3 aromatic carbocycles. The number of nitrogens with zero attached hydrogens (tertiary/aromatic N) is 4. The van der Waals surface area contributed by atoms with Crippen LogP contribution in [0.4, 0.5) is 37.7 Å². The third-order valence-electron chi connectivity index (χ3n) is 13.6. The van der Waals surface area contributed by atoms with E-state index in [4.69, 9.17) is 23.8 Å². The third kappa shape index (κ3) is 11.9. The lowest BCUT2D eigenvalue weighted by atomic mass is 9.77. The quantitative estimate of drug-likeness (QED) is 0.0532. The fraction of sp³-hybridized carbons (Fsp3) is 0.558. The highest BCUT2D eigenvalue weighted by atomic mass is 31.2. The molecule has 390 valence electrons. The molecule has 1 unspecified atom stereocenters. The second-order valence-electron chi connectivity index (χ2n) is 19.3. The van der Waals surface area contributed by atoms with Crippen molar-refractivity contribution in [1.82, 2.24) is 9.99 Å². The molecule has 3 aromatic rings. The summed E-state index contributed by atoms with van der Waals surface area (Å²) in [5, 5.41) is 11.9. The summed E-state index contributed by atoms with van der Waals surface area (Å²) >= 11 is 0. The third-order valence-corrected chi connectivity index (χ3v) is 15.7. The molecule has 2 heterocycles. The zero-order valence-electron chi connectivity index (χ0n) is 41.0. The summed E-state index contributed by atoms with van der Waals surface area (Å²) in [6, 6.07) is 13.1. The first-order chi connectivity index (χ1) is 34.3. The number of ether oxygens (including phenoxy) is 2. The molecule has 0 saturated heterocycles. The molecule has 1 spiro atoms. The number of hydrogen-bond donors (Lipinski definition) is 1. The molecule has 1 N–H and O–H groups in total. The summed E-state index contributed by atoms with van der Waals surface area (Å²) in [6.45, 7) is 9.29. The van der Waals surface area contributed by atoms with E-state index in [1.807, 2.05) is 0 Å². The van der Waals surface area contributed by atoms with Gasteiger partial charge >= 0.3 is 30.1 Å². The number of anilines is 2. The SMILES string of the molecule is CC(C)N(C(C)C)P(OCCC#N)OCCCCCCNC(=O)c1ccc2c(c1)C1(OC2=O)c2ccc(N(C(=O)C(F)(F)F)C3CCCCC3)cc2Oc2cc(N(C(=O)C(F)(F)F)C3CCCCC3)ccc21. The van der Waals surface area contributed by atoms with Gasteiger partial charge in [0.1, 0.15) is 11.5 Å². The maximum absolute atomic E-state index is 14.3. The molecular formula is C52H62F6N5O8P. The maximum atomic E-state index is 14.3. The number of halogens is 6. The monoisotopic (exact) mass is 1030 g/mol. The van der Waals surface area contributed by atoms with Crippen molar-refractivity contribution in [3.05, 3.63) is 82.4 Å². The van der Waals surface area contributed by atoms with Crippen molar-refractivity contribution in [3.63, 3.8) is 0 Å². The summed E-state index contributed by atoms with van der Waals surface area (Å²) in [7, 11) is -1.36. The predicted molar refractivity (Wildman–Crippen MR) is 257 cm³/mol. The highest BCUT2D eigenvalue weighted by Crippen LogP contribution is 2.58. The summed E-state index contributed by atoms with van der Waals surface area (Å²) in [5.74, 6) is -5.76. The van der Waals surface area contributed by atoms with Crippen LogP contribution in [0.3, 0.4) is 0 Å². The number of carbonyl (C=O) groups excluding carboxylic acids is 4. The summed E-state index contributed by atoms with van der Waals surface area (Å²) in [4.78, 5) is 55.6. The van der Waals surface area contributed by atoms with E-state index in [2.05, 4.69) is 43.8 Å². The Morgan fingerprint density at radius 3 is 1.74 bits per heavy atom. The molecule has 72 heavy (non-hydrogen) atoms. The first-order valence-electron chi connectivity index (χ1n) is 24.9. The van der Waals surface area contributed by atoms with Crippen LogP contribution in [0.25, 0.3) is 0 Å². The van der Waals surface area contributed by atoms with Crippen molar-refractivity contribution in [2.75, 3.05) is 29.6 Å². The highest BCUT2D eigenvalue weighted by Gasteiger charge is 2.55. The van der Waals surface area contributed by atoms with E-state index in [-0.39, 0.29) is 75.8 Å². The van der Waals surface area contributed by atoms with Crippen LogP contribution in [0.15, 0.2) is 54.6 Å². The number of alkyl halides is 6. The molecule has 4 aliphatic rings. The van der Waals surface area contributed by atoms with Crippen molar-refractivity contribution in [1.29, 1.82) is 5.26 Å². The van der Waals surface area contributed by atoms with Crippen LogP contribution < -0.4 is 19.9 Å². The fourth-order valence-corrected chi connectivity index (χ4v) is 12.0. The van der Waals surface area contributed by atoms with Crippen LogP contribution >= 0.6 is 8.53 Å². The Bertz CT molecular complexity index is 2380. The van der Waals surface area contributed by atoms with Gasteiger partial charge in [-0.2, -0.15) is 31.6 Å². The molecule has 13 nitrogen and oxygen atoms in total. The molecule has 7 rings (SSSR count). The summed E-state index contributed by atoms with van der Waals surface area (Å²) < 4.78 is 113. The van der Waals surface area contributed by atoms with Gasteiger partial charge in [0.25, 0.3) is 14.4 Å². The van der Waals surface area contributed by atoms with Crippen LogP contribution in [-0.4, -0.2) is 84.6 Å². The van der Waals surface area contributed by atoms with E-state index in [1.54, 1.807) is 0 Å². The Kier molecular flexibility index (Phi) is 17.6. The van der Waals surface area contributed by atoms with Gasteiger partial charge in [0.15, 0.2) is 5.60 Å². The fourth-order valence-electron chi connectivity index (χ4n) is 10.4. The van der Waals surface area contributed by atoms with Gasteiger partial charge in [-0.25, -0.2) is 9.46 Å². The van der Waals surface area contributed by atoms with Crippen LogP contribution in [0.2, 0.25) is 0 Å². The number of esters is 1. The first-order valence-corrected chi connectivity index (χ1v) is 26.1.